The first-order chi connectivity index (χ1) is 19.5. The van der Waals surface area contributed by atoms with Gasteiger partial charge < -0.3 is 13.9 Å². The number of rotatable bonds is 10. The number of benzene rings is 3. The van der Waals surface area contributed by atoms with Gasteiger partial charge in [-0.05, 0) is 48.9 Å². The molecule has 5 rings (SSSR count). The summed E-state index contributed by atoms with van der Waals surface area (Å²) in [7, 11) is 3.15. The third-order valence-electron chi connectivity index (χ3n) is 6.42. The van der Waals surface area contributed by atoms with Gasteiger partial charge in [0.1, 0.15) is 18.1 Å². The average Bonchev–Trinajstić information content (AvgIpc) is 3.60. The summed E-state index contributed by atoms with van der Waals surface area (Å²) in [4.78, 5) is 30.8. The molecule has 202 valence electrons. The molecule has 0 aliphatic carbocycles. The first kappa shape index (κ1) is 26.4. The largest absolute Gasteiger partial charge is 0.493 e. The molecule has 2 heterocycles. The minimum atomic E-state index is -0.233. The lowest BCUT2D eigenvalue weighted by molar-refractivity contribution is -0.117. The maximum absolute atomic E-state index is 13.1. The molecule has 0 aliphatic rings. The summed E-state index contributed by atoms with van der Waals surface area (Å²) in [5, 5.41) is 4.48. The number of amides is 1. The van der Waals surface area contributed by atoms with Crippen LogP contribution in [0.2, 0.25) is 0 Å². The summed E-state index contributed by atoms with van der Waals surface area (Å²) in [6, 6.07) is 24.4. The van der Waals surface area contributed by atoms with Gasteiger partial charge >= 0.3 is 0 Å². The van der Waals surface area contributed by atoms with E-state index in [2.05, 4.69) is 10.1 Å². The van der Waals surface area contributed by atoms with E-state index in [1.165, 1.54) is 4.90 Å². The predicted molar refractivity (Wildman–Crippen MR) is 150 cm³/mol. The number of para-hydroxylation sites is 1. The van der Waals surface area contributed by atoms with Gasteiger partial charge in [0.05, 0.1) is 24.8 Å². The first-order valence-electron chi connectivity index (χ1n) is 12.6. The Bertz CT molecular complexity index is 1630. The number of aldehydes is 1. The third-order valence-corrected chi connectivity index (χ3v) is 6.42. The Morgan fingerprint density at radius 2 is 1.75 bits per heavy atom. The molecule has 0 aliphatic heterocycles. The topological polar surface area (TPSA) is 99.7 Å². The van der Waals surface area contributed by atoms with Crippen LogP contribution < -0.4 is 14.4 Å². The van der Waals surface area contributed by atoms with Crippen LogP contribution in [0, 0.1) is 6.92 Å². The molecule has 1 amide bonds. The molecular formula is C31H28N4O5. The zero-order valence-corrected chi connectivity index (χ0v) is 22.4. The van der Waals surface area contributed by atoms with Crippen LogP contribution in [-0.4, -0.2) is 41.1 Å². The summed E-state index contributed by atoms with van der Waals surface area (Å²) in [5.41, 5.74) is 3.40. The van der Waals surface area contributed by atoms with E-state index in [9.17, 15) is 9.59 Å². The number of carbonyl (C=O) groups is 2. The normalized spacial score (nSPS) is 10.8. The monoisotopic (exact) mass is 536 g/mol. The second kappa shape index (κ2) is 11.7. The van der Waals surface area contributed by atoms with Gasteiger partial charge in [-0.15, -0.1) is 5.10 Å². The van der Waals surface area contributed by atoms with Crippen LogP contribution in [0.1, 0.15) is 27.4 Å². The van der Waals surface area contributed by atoms with Crippen molar-refractivity contribution in [1.29, 1.82) is 0 Å². The summed E-state index contributed by atoms with van der Waals surface area (Å²) >= 11 is 0. The van der Waals surface area contributed by atoms with Gasteiger partial charge in [0.15, 0.2) is 23.6 Å². The van der Waals surface area contributed by atoms with E-state index in [-0.39, 0.29) is 24.8 Å². The fraction of sp³-hybridized carbons (Fsp3) is 0.161. The molecule has 9 heteroatoms. The van der Waals surface area contributed by atoms with Crippen molar-refractivity contribution in [2.75, 3.05) is 19.1 Å². The van der Waals surface area contributed by atoms with Gasteiger partial charge in [0.2, 0.25) is 11.8 Å². The van der Waals surface area contributed by atoms with Crippen LogP contribution in [0.3, 0.4) is 0 Å². The minimum Gasteiger partial charge on any atom is -0.493 e. The Hall–Kier alpha value is -5.18. The second-order valence-electron chi connectivity index (χ2n) is 9.10. The molecule has 0 fully saturated rings. The quantitative estimate of drug-likeness (QED) is 0.219. The number of anilines is 1. The van der Waals surface area contributed by atoms with Crippen molar-refractivity contribution in [1.82, 2.24) is 14.8 Å². The molecule has 2 aromatic heterocycles. The number of oxazole rings is 1. The molecule has 9 nitrogen and oxygen atoms in total. The molecule has 0 spiro atoms. The maximum atomic E-state index is 13.1. The highest BCUT2D eigenvalue weighted by atomic mass is 16.5. The van der Waals surface area contributed by atoms with Gasteiger partial charge in [-0.25, -0.2) is 9.67 Å². The summed E-state index contributed by atoms with van der Waals surface area (Å²) in [6.07, 6.45) is 2.38. The highest BCUT2D eigenvalue weighted by molar-refractivity contribution is 5.97. The Balaban J connectivity index is 1.27. The number of ether oxygens (including phenoxy) is 2. The Morgan fingerprint density at radius 3 is 2.45 bits per heavy atom. The van der Waals surface area contributed by atoms with Crippen LogP contribution in [0.15, 0.2) is 89.5 Å². The van der Waals surface area contributed by atoms with Gasteiger partial charge in [-0.1, -0.05) is 42.5 Å². The van der Waals surface area contributed by atoms with Gasteiger partial charge in [-0.3, -0.25) is 14.5 Å². The molecular weight excluding hydrogens is 508 g/mol. The Kier molecular flexibility index (Phi) is 7.72. The lowest BCUT2D eigenvalue weighted by Crippen LogP contribution is -2.29. The third kappa shape index (κ3) is 5.63. The number of aromatic nitrogens is 3. The van der Waals surface area contributed by atoms with Crippen LogP contribution in [0.4, 0.5) is 5.82 Å². The van der Waals surface area contributed by atoms with E-state index in [1.807, 2.05) is 67.6 Å². The highest BCUT2D eigenvalue weighted by Crippen LogP contribution is 2.30. The SMILES string of the molecule is COc1cc(CC(=O)N(C)c2nn(-c3ccccc3)cc2C=O)ccc1OCc1nc(-c2ccccc2)oc1C. The smallest absolute Gasteiger partial charge is 0.232 e. The van der Waals surface area contributed by atoms with Crippen molar-refractivity contribution < 1.29 is 23.5 Å². The number of nitrogens with zero attached hydrogens (tertiary/aromatic N) is 4. The van der Waals surface area contributed by atoms with E-state index in [4.69, 9.17) is 13.9 Å². The number of hydrogen-bond acceptors (Lipinski definition) is 7. The molecule has 0 unspecified atom stereocenters. The number of methoxy groups -OCH3 is 1. The standard InChI is InChI=1S/C31H28N4O5/c1-21-26(32-31(40-21)23-10-6-4-7-11-23)20-39-27-15-14-22(16-28(27)38-3)17-29(37)34(2)30-24(19-36)18-35(33-30)25-12-8-5-9-13-25/h4-16,18-19H,17,20H2,1-3H3. The molecule has 0 atom stereocenters. The van der Waals surface area contributed by atoms with E-state index >= 15 is 0 Å². The average molecular weight is 537 g/mol. The Labute approximate surface area is 231 Å². The molecule has 0 bridgehead atoms. The summed E-state index contributed by atoms with van der Waals surface area (Å²) in [6.45, 7) is 2.04. The van der Waals surface area contributed by atoms with E-state index in [0.29, 0.717) is 40.7 Å². The van der Waals surface area contributed by atoms with Crippen LogP contribution in [0.25, 0.3) is 17.1 Å². The van der Waals surface area contributed by atoms with Crippen LogP contribution in [0.5, 0.6) is 11.5 Å². The molecule has 0 radical (unpaired) electrons. The number of likely N-dealkylation sites (N-methyl/N-ethyl adjacent to an activating group) is 1. The summed E-state index contributed by atoms with van der Waals surface area (Å²) < 4.78 is 18.9. The molecule has 0 saturated heterocycles. The van der Waals surface area contributed by atoms with Crippen molar-refractivity contribution in [3.05, 3.63) is 108 Å². The van der Waals surface area contributed by atoms with E-state index < -0.39 is 0 Å². The van der Waals surface area contributed by atoms with Crippen molar-refractivity contribution in [2.24, 2.45) is 0 Å². The Morgan fingerprint density at radius 1 is 1.02 bits per heavy atom. The number of aryl methyl sites for hydroxylation is 1. The zero-order valence-electron chi connectivity index (χ0n) is 22.4. The van der Waals surface area contributed by atoms with Gasteiger partial charge in [-0.2, -0.15) is 0 Å². The maximum Gasteiger partial charge on any atom is 0.232 e. The van der Waals surface area contributed by atoms with Crippen molar-refractivity contribution >= 4 is 18.0 Å². The predicted octanol–water partition coefficient (Wildman–Crippen LogP) is 5.44. The fourth-order valence-corrected chi connectivity index (χ4v) is 4.20. The molecule has 3 aromatic carbocycles. The first-order valence-corrected chi connectivity index (χ1v) is 12.6. The lowest BCUT2D eigenvalue weighted by Gasteiger charge is -2.16. The van der Waals surface area contributed by atoms with Crippen molar-refractivity contribution in [2.45, 2.75) is 20.0 Å². The molecule has 5 aromatic rings. The van der Waals surface area contributed by atoms with Crippen molar-refractivity contribution in [3.63, 3.8) is 0 Å². The van der Waals surface area contributed by atoms with Crippen molar-refractivity contribution in [3.8, 4) is 28.6 Å². The second-order valence-corrected chi connectivity index (χ2v) is 9.10. The minimum absolute atomic E-state index is 0.0759. The molecule has 0 saturated carbocycles. The summed E-state index contributed by atoms with van der Waals surface area (Å²) in [5.74, 6) is 2.26. The van der Waals surface area contributed by atoms with E-state index in [0.717, 1.165) is 16.8 Å². The number of carbonyl (C=O) groups excluding carboxylic acids is 2. The van der Waals surface area contributed by atoms with E-state index in [1.54, 1.807) is 43.2 Å². The van der Waals surface area contributed by atoms with Crippen LogP contribution in [-0.2, 0) is 17.8 Å². The van der Waals surface area contributed by atoms with Gasteiger partial charge in [0, 0.05) is 18.8 Å². The molecule has 40 heavy (non-hydrogen) atoms. The number of hydrogen-bond donors (Lipinski definition) is 0. The zero-order chi connectivity index (χ0) is 28.1. The fourth-order valence-electron chi connectivity index (χ4n) is 4.20. The highest BCUT2D eigenvalue weighted by Gasteiger charge is 2.20. The molecule has 0 N–H and O–H groups in total. The van der Waals surface area contributed by atoms with Crippen LogP contribution >= 0.6 is 0 Å². The van der Waals surface area contributed by atoms with Gasteiger partial charge in [0.25, 0.3) is 0 Å². The lowest BCUT2D eigenvalue weighted by atomic mass is 10.1.